The van der Waals surface area contributed by atoms with E-state index in [4.69, 9.17) is 23.1 Å². The van der Waals surface area contributed by atoms with Gasteiger partial charge in [-0.2, -0.15) is 11.8 Å². The summed E-state index contributed by atoms with van der Waals surface area (Å²) in [4.78, 5) is 10.9. The van der Waals surface area contributed by atoms with Gasteiger partial charge in [-0.15, -0.1) is 0 Å². The number of thioether (sulfide) groups is 1. The Balaban J connectivity index is 2.70. The van der Waals surface area contributed by atoms with Gasteiger partial charge in [0.2, 0.25) is 5.91 Å². The van der Waals surface area contributed by atoms with Gasteiger partial charge in [-0.05, 0) is 17.7 Å². The molecule has 0 aromatic heterocycles. The lowest BCUT2D eigenvalue weighted by molar-refractivity contribution is 0.100. The number of rotatable bonds is 5. The molecule has 0 unspecified atom stereocenters. The Kier molecular flexibility index (Phi) is 4.94. The second kappa shape index (κ2) is 6.00. The third-order valence-electron chi connectivity index (χ3n) is 1.86. The Bertz CT molecular complexity index is 357. The summed E-state index contributed by atoms with van der Waals surface area (Å²) in [5, 5.41) is 0.579. The maximum Gasteiger partial charge on any atom is 0.248 e. The van der Waals surface area contributed by atoms with Crippen LogP contribution < -0.4 is 11.5 Å². The fourth-order valence-corrected chi connectivity index (χ4v) is 2.19. The van der Waals surface area contributed by atoms with Crippen molar-refractivity contribution in [2.45, 2.75) is 5.75 Å². The van der Waals surface area contributed by atoms with Crippen LogP contribution in [0, 0.1) is 0 Å². The van der Waals surface area contributed by atoms with E-state index in [0.717, 1.165) is 17.1 Å². The Morgan fingerprint density at radius 3 is 2.73 bits per heavy atom. The van der Waals surface area contributed by atoms with E-state index < -0.39 is 5.91 Å². The molecular formula is C10H13ClN2OS. The minimum absolute atomic E-state index is 0.438. The topological polar surface area (TPSA) is 69.1 Å². The second-order valence-corrected chi connectivity index (χ2v) is 4.52. The first-order valence-electron chi connectivity index (χ1n) is 4.51. The molecule has 15 heavy (non-hydrogen) atoms. The average Bonchev–Trinajstić information content (AvgIpc) is 2.20. The zero-order valence-corrected chi connectivity index (χ0v) is 9.77. The molecule has 0 radical (unpaired) electrons. The highest BCUT2D eigenvalue weighted by molar-refractivity contribution is 7.98. The molecule has 82 valence electrons. The van der Waals surface area contributed by atoms with Crippen LogP contribution >= 0.6 is 23.4 Å². The van der Waals surface area contributed by atoms with Crippen LogP contribution in [0.25, 0.3) is 0 Å². The van der Waals surface area contributed by atoms with Crippen molar-refractivity contribution in [2.75, 3.05) is 12.3 Å². The van der Waals surface area contributed by atoms with Crippen molar-refractivity contribution in [3.63, 3.8) is 0 Å². The highest BCUT2D eigenvalue weighted by atomic mass is 35.5. The lowest BCUT2D eigenvalue weighted by Crippen LogP contribution is -2.10. The van der Waals surface area contributed by atoms with Crippen molar-refractivity contribution in [1.29, 1.82) is 0 Å². The summed E-state index contributed by atoms with van der Waals surface area (Å²) in [6.07, 6.45) is 0. The predicted octanol–water partition coefficient (Wildman–Crippen LogP) is 1.63. The third kappa shape index (κ3) is 3.74. The fraction of sp³-hybridized carbons (Fsp3) is 0.300. The fourth-order valence-electron chi connectivity index (χ4n) is 1.08. The third-order valence-corrected chi connectivity index (χ3v) is 3.25. The number of hydrogen-bond donors (Lipinski definition) is 2. The van der Waals surface area contributed by atoms with E-state index in [0.29, 0.717) is 17.1 Å². The molecule has 0 saturated heterocycles. The van der Waals surface area contributed by atoms with E-state index in [1.165, 1.54) is 0 Å². The van der Waals surface area contributed by atoms with Gasteiger partial charge in [0.05, 0.1) is 0 Å². The lowest BCUT2D eigenvalue weighted by Gasteiger charge is -2.04. The van der Waals surface area contributed by atoms with Crippen LogP contribution in [0.1, 0.15) is 15.9 Å². The van der Waals surface area contributed by atoms with Gasteiger partial charge >= 0.3 is 0 Å². The van der Waals surface area contributed by atoms with E-state index in [-0.39, 0.29) is 0 Å². The van der Waals surface area contributed by atoms with Crippen LogP contribution in [0.5, 0.6) is 0 Å². The quantitative estimate of drug-likeness (QED) is 0.774. The summed E-state index contributed by atoms with van der Waals surface area (Å²) in [7, 11) is 0. The van der Waals surface area contributed by atoms with Gasteiger partial charge in [-0.25, -0.2) is 0 Å². The largest absolute Gasteiger partial charge is 0.366 e. The van der Waals surface area contributed by atoms with E-state index in [2.05, 4.69) is 0 Å². The molecule has 3 nitrogen and oxygen atoms in total. The summed E-state index contributed by atoms with van der Waals surface area (Å²) in [5.41, 5.74) is 12.0. The molecule has 1 aromatic rings. The van der Waals surface area contributed by atoms with E-state index in [9.17, 15) is 4.79 Å². The number of carbonyl (C=O) groups is 1. The Labute approximate surface area is 98.2 Å². The molecule has 0 bridgehead atoms. The van der Waals surface area contributed by atoms with Crippen LogP contribution in [0.3, 0.4) is 0 Å². The summed E-state index contributed by atoms with van der Waals surface area (Å²) in [6, 6.07) is 5.11. The van der Waals surface area contributed by atoms with Crippen molar-refractivity contribution in [1.82, 2.24) is 0 Å². The van der Waals surface area contributed by atoms with Crippen LogP contribution in [0.2, 0.25) is 5.02 Å². The van der Waals surface area contributed by atoms with Gasteiger partial charge in [0.25, 0.3) is 0 Å². The van der Waals surface area contributed by atoms with Gasteiger partial charge in [0.15, 0.2) is 0 Å². The zero-order valence-electron chi connectivity index (χ0n) is 8.20. The van der Waals surface area contributed by atoms with Crippen LogP contribution in [-0.4, -0.2) is 18.2 Å². The molecule has 0 aliphatic carbocycles. The van der Waals surface area contributed by atoms with Crippen molar-refractivity contribution in [3.05, 3.63) is 34.3 Å². The zero-order chi connectivity index (χ0) is 11.3. The maximum absolute atomic E-state index is 10.9. The van der Waals surface area contributed by atoms with Crippen molar-refractivity contribution < 1.29 is 4.79 Å². The first kappa shape index (κ1) is 12.4. The number of primary amides is 1. The molecule has 1 amide bonds. The first-order chi connectivity index (χ1) is 7.15. The smallest absolute Gasteiger partial charge is 0.248 e. The van der Waals surface area contributed by atoms with Crippen LogP contribution in [-0.2, 0) is 5.75 Å². The predicted molar refractivity (Wildman–Crippen MR) is 65.2 cm³/mol. The summed E-state index contributed by atoms with van der Waals surface area (Å²) >= 11 is 7.71. The number of hydrogen-bond acceptors (Lipinski definition) is 3. The number of carbonyl (C=O) groups excluding carboxylic acids is 1. The van der Waals surface area contributed by atoms with Gasteiger partial charge in [-0.1, -0.05) is 17.7 Å². The average molecular weight is 245 g/mol. The number of amides is 1. The summed E-state index contributed by atoms with van der Waals surface area (Å²) < 4.78 is 0. The highest BCUT2D eigenvalue weighted by Gasteiger charge is 2.05. The van der Waals surface area contributed by atoms with E-state index >= 15 is 0 Å². The van der Waals surface area contributed by atoms with Crippen molar-refractivity contribution >= 4 is 29.3 Å². The van der Waals surface area contributed by atoms with Crippen molar-refractivity contribution in [3.8, 4) is 0 Å². The SMILES string of the molecule is NCCSCc1ccc(C(N)=O)cc1Cl. The number of nitrogens with two attached hydrogens (primary N) is 2. The molecule has 4 N–H and O–H groups in total. The maximum atomic E-state index is 10.9. The van der Waals surface area contributed by atoms with Crippen molar-refractivity contribution in [2.24, 2.45) is 11.5 Å². The molecular weight excluding hydrogens is 232 g/mol. The van der Waals surface area contributed by atoms with Gasteiger partial charge in [-0.3, -0.25) is 4.79 Å². The molecule has 0 saturated carbocycles. The molecule has 0 heterocycles. The van der Waals surface area contributed by atoms with Gasteiger partial charge < -0.3 is 11.5 Å². The molecule has 5 heteroatoms. The monoisotopic (exact) mass is 244 g/mol. The number of halogens is 1. The molecule has 1 aromatic carbocycles. The Morgan fingerprint density at radius 2 is 2.20 bits per heavy atom. The molecule has 0 atom stereocenters. The standard InChI is InChI=1S/C10H13ClN2OS/c11-9-5-7(10(13)14)1-2-8(9)6-15-4-3-12/h1-2,5H,3-4,6,12H2,(H2,13,14). The Hall–Kier alpha value is -0.710. The normalized spacial score (nSPS) is 10.3. The van der Waals surface area contributed by atoms with E-state index in [1.54, 1.807) is 23.9 Å². The van der Waals surface area contributed by atoms with Crippen LogP contribution in [0.4, 0.5) is 0 Å². The number of benzene rings is 1. The van der Waals surface area contributed by atoms with E-state index in [1.807, 2.05) is 6.07 Å². The second-order valence-electron chi connectivity index (χ2n) is 3.01. The minimum Gasteiger partial charge on any atom is -0.366 e. The molecule has 0 fully saturated rings. The highest BCUT2D eigenvalue weighted by Crippen LogP contribution is 2.22. The minimum atomic E-state index is -0.460. The first-order valence-corrected chi connectivity index (χ1v) is 6.04. The molecule has 1 rings (SSSR count). The Morgan fingerprint density at radius 1 is 1.47 bits per heavy atom. The molecule has 0 spiro atoms. The van der Waals surface area contributed by atoms with Gasteiger partial charge in [0, 0.05) is 28.6 Å². The lowest BCUT2D eigenvalue weighted by atomic mass is 10.1. The summed E-state index contributed by atoms with van der Waals surface area (Å²) in [6.45, 7) is 0.654. The van der Waals surface area contributed by atoms with Gasteiger partial charge in [0.1, 0.15) is 0 Å². The molecule has 0 aliphatic rings. The van der Waals surface area contributed by atoms with Crippen LogP contribution in [0.15, 0.2) is 18.2 Å². The molecule has 0 aliphatic heterocycles. The summed E-state index contributed by atoms with van der Waals surface area (Å²) in [5.74, 6) is 1.24.